The molecule has 0 aliphatic carbocycles. The molecule has 1 amide bonds. The summed E-state index contributed by atoms with van der Waals surface area (Å²) in [6, 6.07) is 7.09. The molecule has 3 aromatic rings. The summed E-state index contributed by atoms with van der Waals surface area (Å²) in [5, 5.41) is 3.46. The number of aromatic amines is 1. The summed E-state index contributed by atoms with van der Waals surface area (Å²) in [4.78, 5) is 22.6. The number of hydrogen-bond acceptors (Lipinski definition) is 3. The predicted molar refractivity (Wildman–Crippen MR) is 123 cm³/mol. The standard InChI is InChI=1S/C25H32F2N4O/c1-4-7-19-17(15-28-12-5-2)8-11-22-24(19)30-23(29-22)16-31(13-6-3)25(32)20-14-18(26)9-10-21(20)27/h8-11,14,28H,4-7,12-13,15-16H2,1-3H3,(H,29,30). The quantitative estimate of drug-likeness (QED) is 0.394. The number of fused-ring (bicyclic) bond motifs is 1. The molecule has 0 saturated heterocycles. The number of halogens is 2. The van der Waals surface area contributed by atoms with Crippen molar-refractivity contribution < 1.29 is 13.6 Å². The maximum absolute atomic E-state index is 14.2. The van der Waals surface area contributed by atoms with Gasteiger partial charge in [0, 0.05) is 13.1 Å². The Morgan fingerprint density at radius 3 is 2.62 bits per heavy atom. The van der Waals surface area contributed by atoms with Crippen LogP contribution in [0, 0.1) is 11.6 Å². The molecule has 2 N–H and O–H groups in total. The van der Waals surface area contributed by atoms with Crippen LogP contribution in [-0.2, 0) is 19.5 Å². The lowest BCUT2D eigenvalue weighted by atomic mass is 10.0. The van der Waals surface area contributed by atoms with Crippen LogP contribution in [0.15, 0.2) is 30.3 Å². The van der Waals surface area contributed by atoms with Gasteiger partial charge in [0.15, 0.2) is 0 Å². The van der Waals surface area contributed by atoms with Gasteiger partial charge >= 0.3 is 0 Å². The second-order valence-electron chi connectivity index (χ2n) is 8.06. The largest absolute Gasteiger partial charge is 0.340 e. The molecule has 1 aromatic heterocycles. The molecule has 0 unspecified atom stereocenters. The predicted octanol–water partition coefficient (Wildman–Crippen LogP) is 5.35. The van der Waals surface area contributed by atoms with E-state index in [2.05, 4.69) is 30.2 Å². The Morgan fingerprint density at radius 2 is 1.91 bits per heavy atom. The fourth-order valence-corrected chi connectivity index (χ4v) is 3.93. The second kappa shape index (κ2) is 11.2. The number of imidazole rings is 1. The van der Waals surface area contributed by atoms with E-state index in [1.54, 1.807) is 0 Å². The Hall–Kier alpha value is -2.80. The first-order valence-corrected chi connectivity index (χ1v) is 11.4. The lowest BCUT2D eigenvalue weighted by Gasteiger charge is -2.21. The Labute approximate surface area is 188 Å². The van der Waals surface area contributed by atoms with Gasteiger partial charge in [-0.2, -0.15) is 0 Å². The van der Waals surface area contributed by atoms with Crippen LogP contribution in [0.2, 0.25) is 0 Å². The van der Waals surface area contributed by atoms with Crippen molar-refractivity contribution in [3.05, 3.63) is 64.5 Å². The number of amides is 1. The lowest BCUT2D eigenvalue weighted by molar-refractivity contribution is 0.0734. The van der Waals surface area contributed by atoms with E-state index in [0.29, 0.717) is 18.8 Å². The lowest BCUT2D eigenvalue weighted by Crippen LogP contribution is -2.32. The summed E-state index contributed by atoms with van der Waals surface area (Å²) in [6.45, 7) is 8.59. The Bertz CT molecular complexity index is 1060. The summed E-state index contributed by atoms with van der Waals surface area (Å²) in [7, 11) is 0. The van der Waals surface area contributed by atoms with Crippen LogP contribution >= 0.6 is 0 Å². The summed E-state index contributed by atoms with van der Waals surface area (Å²) in [5.74, 6) is -1.27. The van der Waals surface area contributed by atoms with E-state index in [0.717, 1.165) is 61.6 Å². The van der Waals surface area contributed by atoms with Crippen LogP contribution < -0.4 is 5.32 Å². The van der Waals surface area contributed by atoms with Gasteiger partial charge in [0.25, 0.3) is 5.91 Å². The molecule has 172 valence electrons. The molecule has 0 radical (unpaired) electrons. The molecule has 3 rings (SSSR count). The van der Waals surface area contributed by atoms with E-state index in [1.165, 1.54) is 16.0 Å². The molecule has 0 atom stereocenters. The molecule has 1 heterocycles. The van der Waals surface area contributed by atoms with Gasteiger partial charge in [-0.3, -0.25) is 4.79 Å². The maximum Gasteiger partial charge on any atom is 0.257 e. The highest BCUT2D eigenvalue weighted by Gasteiger charge is 2.21. The number of carbonyl (C=O) groups is 1. The number of carbonyl (C=O) groups excluding carboxylic acids is 1. The average Bonchev–Trinajstić information content (AvgIpc) is 3.19. The average molecular weight is 443 g/mol. The zero-order valence-electron chi connectivity index (χ0n) is 19.1. The molecule has 0 aliphatic rings. The Morgan fingerprint density at radius 1 is 1.09 bits per heavy atom. The number of hydrogen-bond donors (Lipinski definition) is 2. The third-order valence-electron chi connectivity index (χ3n) is 5.43. The zero-order valence-corrected chi connectivity index (χ0v) is 19.1. The van der Waals surface area contributed by atoms with Crippen LogP contribution in [0.1, 0.15) is 67.3 Å². The van der Waals surface area contributed by atoms with Crippen LogP contribution in [-0.4, -0.2) is 33.9 Å². The fraction of sp³-hybridized carbons (Fsp3) is 0.440. The highest BCUT2D eigenvalue weighted by molar-refractivity contribution is 5.94. The highest BCUT2D eigenvalue weighted by Crippen LogP contribution is 2.24. The minimum absolute atomic E-state index is 0.201. The normalized spacial score (nSPS) is 11.3. The van der Waals surface area contributed by atoms with Crippen LogP contribution in [0.4, 0.5) is 8.78 Å². The van der Waals surface area contributed by atoms with E-state index < -0.39 is 17.5 Å². The molecule has 2 aromatic carbocycles. The highest BCUT2D eigenvalue weighted by atomic mass is 19.1. The maximum atomic E-state index is 14.2. The van der Waals surface area contributed by atoms with Crippen molar-refractivity contribution in [1.82, 2.24) is 20.2 Å². The number of nitrogens with zero attached hydrogens (tertiary/aromatic N) is 2. The van der Waals surface area contributed by atoms with Crippen molar-refractivity contribution in [3.63, 3.8) is 0 Å². The van der Waals surface area contributed by atoms with Gasteiger partial charge in [0.05, 0.1) is 23.1 Å². The van der Waals surface area contributed by atoms with Crippen LogP contribution in [0.5, 0.6) is 0 Å². The van der Waals surface area contributed by atoms with Gasteiger partial charge in [-0.05, 0) is 61.2 Å². The first kappa shape index (κ1) is 23.9. The fourth-order valence-electron chi connectivity index (χ4n) is 3.93. The van der Waals surface area contributed by atoms with E-state index in [1.807, 2.05) is 13.0 Å². The van der Waals surface area contributed by atoms with E-state index in [4.69, 9.17) is 4.98 Å². The molecule has 0 fully saturated rings. The van der Waals surface area contributed by atoms with Crippen LogP contribution in [0.25, 0.3) is 11.0 Å². The van der Waals surface area contributed by atoms with Gasteiger partial charge in [0.1, 0.15) is 17.5 Å². The number of H-pyrrole nitrogens is 1. The van der Waals surface area contributed by atoms with E-state index >= 15 is 0 Å². The molecule has 32 heavy (non-hydrogen) atoms. The zero-order chi connectivity index (χ0) is 23.1. The van der Waals surface area contributed by atoms with E-state index in [9.17, 15) is 13.6 Å². The second-order valence-corrected chi connectivity index (χ2v) is 8.06. The minimum atomic E-state index is -0.725. The third kappa shape index (κ3) is 5.51. The molecule has 0 bridgehead atoms. The Kier molecular flexibility index (Phi) is 8.33. The van der Waals surface area contributed by atoms with Crippen molar-refractivity contribution in [1.29, 1.82) is 0 Å². The number of rotatable bonds is 11. The van der Waals surface area contributed by atoms with Crippen LogP contribution in [0.3, 0.4) is 0 Å². The third-order valence-corrected chi connectivity index (χ3v) is 5.43. The minimum Gasteiger partial charge on any atom is -0.340 e. The van der Waals surface area contributed by atoms with Crippen molar-refractivity contribution >= 4 is 16.9 Å². The van der Waals surface area contributed by atoms with Crippen molar-refractivity contribution in [2.24, 2.45) is 0 Å². The van der Waals surface area contributed by atoms with Gasteiger partial charge in [-0.15, -0.1) is 0 Å². The summed E-state index contributed by atoms with van der Waals surface area (Å²) in [6.07, 6.45) is 3.68. The van der Waals surface area contributed by atoms with E-state index in [-0.39, 0.29) is 12.1 Å². The Balaban J connectivity index is 1.90. The summed E-state index contributed by atoms with van der Waals surface area (Å²) < 4.78 is 27.8. The summed E-state index contributed by atoms with van der Waals surface area (Å²) in [5.41, 5.74) is 4.02. The topological polar surface area (TPSA) is 61.0 Å². The van der Waals surface area contributed by atoms with Crippen molar-refractivity contribution in [2.75, 3.05) is 13.1 Å². The molecule has 0 saturated carbocycles. The number of aryl methyl sites for hydroxylation is 1. The molecule has 0 aliphatic heterocycles. The number of benzene rings is 2. The molecule has 5 nitrogen and oxygen atoms in total. The summed E-state index contributed by atoms with van der Waals surface area (Å²) >= 11 is 0. The molecule has 7 heteroatoms. The number of nitrogens with one attached hydrogen (secondary N) is 2. The van der Waals surface area contributed by atoms with Gasteiger partial charge in [-0.1, -0.05) is 33.3 Å². The molecular weight excluding hydrogens is 410 g/mol. The SMILES string of the molecule is CCCNCc1ccc2[nH]c(CN(CCC)C(=O)c3cc(F)ccc3F)nc2c1CCC. The smallest absolute Gasteiger partial charge is 0.257 e. The molecular formula is C25H32F2N4O. The first-order valence-electron chi connectivity index (χ1n) is 11.4. The van der Waals surface area contributed by atoms with Crippen molar-refractivity contribution in [2.45, 2.75) is 59.5 Å². The number of aromatic nitrogens is 2. The monoisotopic (exact) mass is 442 g/mol. The first-order chi connectivity index (χ1) is 15.5. The van der Waals surface area contributed by atoms with Gasteiger partial charge < -0.3 is 15.2 Å². The van der Waals surface area contributed by atoms with Gasteiger partial charge in [-0.25, -0.2) is 13.8 Å². The molecule has 0 spiro atoms. The van der Waals surface area contributed by atoms with Gasteiger partial charge in [0.2, 0.25) is 0 Å². The van der Waals surface area contributed by atoms with Crippen molar-refractivity contribution in [3.8, 4) is 0 Å².